The SMILES string of the molecule is CC(CNC(=O)c1ccc(F)c(C(F)(F)F)c1)CC(=O)O. The molecule has 0 aliphatic rings. The highest BCUT2D eigenvalue weighted by atomic mass is 19.4. The van der Waals surface area contributed by atoms with Gasteiger partial charge in [0.2, 0.25) is 0 Å². The summed E-state index contributed by atoms with van der Waals surface area (Å²) < 4.78 is 50.6. The van der Waals surface area contributed by atoms with Crippen molar-refractivity contribution in [1.29, 1.82) is 0 Å². The van der Waals surface area contributed by atoms with E-state index in [0.29, 0.717) is 12.1 Å². The molecule has 1 atom stereocenters. The van der Waals surface area contributed by atoms with E-state index in [9.17, 15) is 27.2 Å². The van der Waals surface area contributed by atoms with Gasteiger partial charge in [0.15, 0.2) is 0 Å². The molecule has 4 nitrogen and oxygen atoms in total. The quantitative estimate of drug-likeness (QED) is 0.822. The fourth-order valence-electron chi connectivity index (χ4n) is 1.62. The molecule has 0 aliphatic heterocycles. The molecule has 8 heteroatoms. The Morgan fingerprint density at radius 3 is 2.48 bits per heavy atom. The normalized spacial score (nSPS) is 12.8. The van der Waals surface area contributed by atoms with Gasteiger partial charge >= 0.3 is 12.1 Å². The van der Waals surface area contributed by atoms with Gasteiger partial charge < -0.3 is 10.4 Å². The summed E-state index contributed by atoms with van der Waals surface area (Å²) in [5.74, 6) is -3.71. The number of rotatable bonds is 5. The lowest BCUT2D eigenvalue weighted by Crippen LogP contribution is -2.29. The zero-order valence-electron chi connectivity index (χ0n) is 11.0. The Morgan fingerprint density at radius 1 is 1.33 bits per heavy atom. The van der Waals surface area contributed by atoms with Crippen molar-refractivity contribution in [3.05, 3.63) is 35.1 Å². The topological polar surface area (TPSA) is 66.4 Å². The van der Waals surface area contributed by atoms with Gasteiger partial charge in [-0.15, -0.1) is 0 Å². The standard InChI is InChI=1S/C13H13F4NO3/c1-7(4-11(19)20)6-18-12(21)8-2-3-10(14)9(5-8)13(15,16)17/h2-3,5,7H,4,6H2,1H3,(H,18,21)(H,19,20). The monoisotopic (exact) mass is 307 g/mol. The predicted octanol–water partition coefficient (Wildman–Crippen LogP) is 2.69. The zero-order valence-corrected chi connectivity index (χ0v) is 11.0. The first-order valence-electron chi connectivity index (χ1n) is 5.98. The molecular formula is C13H13F4NO3. The van der Waals surface area contributed by atoms with E-state index in [4.69, 9.17) is 5.11 Å². The van der Waals surface area contributed by atoms with Crippen LogP contribution in [0.25, 0.3) is 0 Å². The number of carbonyl (C=O) groups is 2. The zero-order chi connectivity index (χ0) is 16.2. The van der Waals surface area contributed by atoms with Gasteiger partial charge in [-0.1, -0.05) is 6.92 Å². The van der Waals surface area contributed by atoms with Gasteiger partial charge in [0.25, 0.3) is 5.91 Å². The third kappa shape index (κ3) is 5.05. The van der Waals surface area contributed by atoms with Crippen LogP contribution in [0.15, 0.2) is 18.2 Å². The molecule has 1 aromatic carbocycles. The van der Waals surface area contributed by atoms with E-state index in [2.05, 4.69) is 5.32 Å². The minimum Gasteiger partial charge on any atom is -0.481 e. The summed E-state index contributed by atoms with van der Waals surface area (Å²) in [6.07, 6.45) is -5.07. The van der Waals surface area contributed by atoms with Crippen molar-refractivity contribution in [2.24, 2.45) is 5.92 Å². The van der Waals surface area contributed by atoms with Crippen LogP contribution in [0.1, 0.15) is 29.3 Å². The fourth-order valence-corrected chi connectivity index (χ4v) is 1.62. The molecule has 0 radical (unpaired) electrons. The summed E-state index contributed by atoms with van der Waals surface area (Å²) in [4.78, 5) is 22.1. The molecule has 0 fully saturated rings. The summed E-state index contributed by atoms with van der Waals surface area (Å²) in [5.41, 5.74) is -1.86. The number of aliphatic carboxylic acids is 1. The van der Waals surface area contributed by atoms with Crippen molar-refractivity contribution in [2.75, 3.05) is 6.54 Å². The molecule has 0 aromatic heterocycles. The third-order valence-electron chi connectivity index (χ3n) is 2.67. The number of hydrogen-bond donors (Lipinski definition) is 2. The molecule has 1 unspecified atom stereocenters. The number of halogens is 4. The van der Waals surface area contributed by atoms with E-state index < -0.39 is 29.4 Å². The molecule has 2 N–H and O–H groups in total. The molecule has 1 rings (SSSR count). The van der Waals surface area contributed by atoms with Gasteiger partial charge in [0.05, 0.1) is 5.56 Å². The Bertz CT molecular complexity index is 543. The van der Waals surface area contributed by atoms with Gasteiger partial charge in [0, 0.05) is 18.5 Å². The molecule has 21 heavy (non-hydrogen) atoms. The van der Waals surface area contributed by atoms with Crippen LogP contribution in [0.4, 0.5) is 17.6 Å². The first kappa shape index (κ1) is 16.9. The van der Waals surface area contributed by atoms with Crippen LogP contribution in [0.2, 0.25) is 0 Å². The van der Waals surface area contributed by atoms with Crippen LogP contribution in [0, 0.1) is 11.7 Å². The molecule has 1 amide bonds. The Morgan fingerprint density at radius 2 is 1.95 bits per heavy atom. The number of carbonyl (C=O) groups excluding carboxylic acids is 1. The number of carboxylic acid groups (broad SMARTS) is 1. The number of alkyl halides is 3. The molecule has 0 saturated heterocycles. The Kier molecular flexibility index (Phi) is 5.28. The molecule has 0 spiro atoms. The van der Waals surface area contributed by atoms with Crippen molar-refractivity contribution >= 4 is 11.9 Å². The molecule has 0 bridgehead atoms. The lowest BCUT2D eigenvalue weighted by atomic mass is 10.1. The fraction of sp³-hybridized carbons (Fsp3) is 0.385. The summed E-state index contributed by atoms with van der Waals surface area (Å²) in [6.45, 7) is 1.56. The number of benzene rings is 1. The highest BCUT2D eigenvalue weighted by molar-refractivity contribution is 5.94. The first-order chi connectivity index (χ1) is 9.61. The van der Waals surface area contributed by atoms with Crippen molar-refractivity contribution in [3.63, 3.8) is 0 Å². The Labute approximate surface area is 117 Å². The number of carboxylic acids is 1. The van der Waals surface area contributed by atoms with Gasteiger partial charge in [-0.2, -0.15) is 13.2 Å². The second-order valence-electron chi connectivity index (χ2n) is 4.61. The maximum Gasteiger partial charge on any atom is 0.419 e. The largest absolute Gasteiger partial charge is 0.481 e. The Hall–Kier alpha value is -2.12. The minimum atomic E-state index is -4.89. The van der Waals surface area contributed by atoms with Gasteiger partial charge in [-0.05, 0) is 24.1 Å². The Balaban J connectivity index is 2.78. The van der Waals surface area contributed by atoms with Crippen LogP contribution in [-0.2, 0) is 11.0 Å². The van der Waals surface area contributed by atoms with E-state index in [1.165, 1.54) is 0 Å². The molecular weight excluding hydrogens is 294 g/mol. The molecule has 0 heterocycles. The maximum absolute atomic E-state index is 13.1. The molecule has 0 saturated carbocycles. The van der Waals surface area contributed by atoms with Crippen LogP contribution in [0.3, 0.4) is 0 Å². The number of amides is 1. The summed E-state index contributed by atoms with van der Waals surface area (Å²) in [6, 6.07) is 1.92. The van der Waals surface area contributed by atoms with Gasteiger partial charge in [-0.25, -0.2) is 4.39 Å². The van der Waals surface area contributed by atoms with Crippen molar-refractivity contribution in [2.45, 2.75) is 19.5 Å². The van der Waals surface area contributed by atoms with Gasteiger partial charge in [0.1, 0.15) is 5.82 Å². The minimum absolute atomic E-state index is 0.0101. The lowest BCUT2D eigenvalue weighted by molar-refractivity contribution is -0.140. The molecule has 116 valence electrons. The predicted molar refractivity (Wildman–Crippen MR) is 65.2 cm³/mol. The van der Waals surface area contributed by atoms with Gasteiger partial charge in [-0.3, -0.25) is 9.59 Å². The van der Waals surface area contributed by atoms with Crippen LogP contribution in [-0.4, -0.2) is 23.5 Å². The van der Waals surface area contributed by atoms with E-state index >= 15 is 0 Å². The second kappa shape index (κ2) is 6.55. The summed E-state index contributed by atoms with van der Waals surface area (Å²) in [5, 5.41) is 10.9. The second-order valence-corrected chi connectivity index (χ2v) is 4.61. The van der Waals surface area contributed by atoms with E-state index in [1.807, 2.05) is 0 Å². The summed E-state index contributed by atoms with van der Waals surface area (Å²) >= 11 is 0. The van der Waals surface area contributed by atoms with E-state index in [-0.39, 0.29) is 24.4 Å². The highest BCUT2D eigenvalue weighted by Crippen LogP contribution is 2.31. The van der Waals surface area contributed by atoms with Crippen LogP contribution in [0.5, 0.6) is 0 Å². The average molecular weight is 307 g/mol. The molecule has 0 aliphatic carbocycles. The van der Waals surface area contributed by atoms with Crippen molar-refractivity contribution < 1.29 is 32.3 Å². The maximum atomic E-state index is 13.1. The summed E-state index contributed by atoms with van der Waals surface area (Å²) in [7, 11) is 0. The third-order valence-corrected chi connectivity index (χ3v) is 2.67. The van der Waals surface area contributed by atoms with E-state index in [0.717, 1.165) is 6.07 Å². The molecule has 1 aromatic rings. The first-order valence-corrected chi connectivity index (χ1v) is 5.98. The lowest BCUT2D eigenvalue weighted by Gasteiger charge is -2.12. The van der Waals surface area contributed by atoms with Crippen LogP contribution >= 0.6 is 0 Å². The smallest absolute Gasteiger partial charge is 0.419 e. The average Bonchev–Trinajstić information content (AvgIpc) is 2.34. The van der Waals surface area contributed by atoms with Crippen LogP contribution < -0.4 is 5.32 Å². The number of nitrogens with one attached hydrogen (secondary N) is 1. The van der Waals surface area contributed by atoms with Crippen molar-refractivity contribution in [1.82, 2.24) is 5.32 Å². The highest BCUT2D eigenvalue weighted by Gasteiger charge is 2.34. The number of hydrogen-bond acceptors (Lipinski definition) is 2. The van der Waals surface area contributed by atoms with Crippen molar-refractivity contribution in [3.8, 4) is 0 Å². The van der Waals surface area contributed by atoms with E-state index in [1.54, 1.807) is 6.92 Å².